The first-order valence-corrected chi connectivity index (χ1v) is 11.2. The number of anilines is 1. The van der Waals surface area contributed by atoms with Crippen molar-refractivity contribution in [2.75, 3.05) is 4.90 Å². The summed E-state index contributed by atoms with van der Waals surface area (Å²) in [6.07, 6.45) is 2.28. The number of aromatic carboxylic acids is 1. The second-order valence-electron chi connectivity index (χ2n) is 8.39. The molecule has 3 aromatic rings. The van der Waals surface area contributed by atoms with Crippen LogP contribution >= 0.6 is 0 Å². The molecule has 1 aliphatic rings. The molecular formula is C27H25N3O5. The Kier molecular flexibility index (Phi) is 6.13. The fraction of sp³-hybridized carbons (Fsp3) is 0.185. The van der Waals surface area contributed by atoms with Crippen molar-refractivity contribution in [2.45, 2.75) is 34.1 Å². The van der Waals surface area contributed by atoms with Crippen molar-refractivity contribution in [1.82, 2.24) is 9.88 Å². The van der Waals surface area contributed by atoms with Crippen molar-refractivity contribution in [3.8, 4) is 5.69 Å². The molecule has 4 amide bonds. The number of carboxylic acid groups (broad SMARTS) is 1. The molecule has 1 fully saturated rings. The molecule has 35 heavy (non-hydrogen) atoms. The number of carbonyl (C=O) groups is 4. The van der Waals surface area contributed by atoms with E-state index in [-0.39, 0.29) is 11.1 Å². The molecule has 8 nitrogen and oxygen atoms in total. The van der Waals surface area contributed by atoms with E-state index in [0.29, 0.717) is 22.5 Å². The molecule has 1 saturated heterocycles. The van der Waals surface area contributed by atoms with Gasteiger partial charge in [0.2, 0.25) is 0 Å². The lowest BCUT2D eigenvalue weighted by Crippen LogP contribution is -2.54. The van der Waals surface area contributed by atoms with Crippen molar-refractivity contribution in [3.05, 3.63) is 87.7 Å². The molecular weight excluding hydrogens is 446 g/mol. The van der Waals surface area contributed by atoms with E-state index >= 15 is 0 Å². The highest BCUT2D eigenvalue weighted by Gasteiger charge is 2.37. The average molecular weight is 472 g/mol. The van der Waals surface area contributed by atoms with Crippen molar-refractivity contribution >= 4 is 35.6 Å². The largest absolute Gasteiger partial charge is 0.478 e. The van der Waals surface area contributed by atoms with Gasteiger partial charge in [-0.3, -0.25) is 14.9 Å². The van der Waals surface area contributed by atoms with Crippen LogP contribution in [0.3, 0.4) is 0 Å². The van der Waals surface area contributed by atoms with Gasteiger partial charge >= 0.3 is 12.0 Å². The Balaban J connectivity index is 1.77. The Morgan fingerprint density at radius 3 is 2.34 bits per heavy atom. The number of amides is 4. The molecule has 0 saturated carbocycles. The van der Waals surface area contributed by atoms with Gasteiger partial charge in [0.15, 0.2) is 0 Å². The summed E-state index contributed by atoms with van der Waals surface area (Å²) in [6.45, 7) is 7.42. The number of aryl methyl sites for hydroxylation is 2. The highest BCUT2D eigenvalue weighted by molar-refractivity contribution is 6.39. The smallest absolute Gasteiger partial charge is 0.336 e. The molecule has 4 rings (SSSR count). The molecule has 0 radical (unpaired) electrons. The zero-order valence-electron chi connectivity index (χ0n) is 19.9. The van der Waals surface area contributed by atoms with Gasteiger partial charge in [0, 0.05) is 17.1 Å². The number of hydrogen-bond donors (Lipinski definition) is 2. The van der Waals surface area contributed by atoms with Gasteiger partial charge in [-0.1, -0.05) is 25.1 Å². The minimum atomic E-state index is -1.02. The van der Waals surface area contributed by atoms with Crippen LogP contribution in [0.5, 0.6) is 0 Å². The van der Waals surface area contributed by atoms with Gasteiger partial charge in [-0.05, 0) is 80.3 Å². The number of hydrogen-bond acceptors (Lipinski definition) is 4. The zero-order chi connectivity index (χ0) is 25.4. The number of benzene rings is 2. The lowest BCUT2D eigenvalue weighted by Gasteiger charge is -2.26. The average Bonchev–Trinajstić information content (AvgIpc) is 3.09. The van der Waals surface area contributed by atoms with Gasteiger partial charge in [0.25, 0.3) is 11.8 Å². The molecule has 2 aromatic carbocycles. The highest BCUT2D eigenvalue weighted by atomic mass is 16.4. The van der Waals surface area contributed by atoms with E-state index in [2.05, 4.69) is 5.32 Å². The second-order valence-corrected chi connectivity index (χ2v) is 8.39. The molecule has 1 aliphatic heterocycles. The number of nitrogens with zero attached hydrogens (tertiary/aromatic N) is 2. The van der Waals surface area contributed by atoms with Crippen LogP contribution in [-0.4, -0.2) is 33.5 Å². The van der Waals surface area contributed by atoms with E-state index in [9.17, 15) is 24.3 Å². The third-order valence-electron chi connectivity index (χ3n) is 6.25. The normalized spacial score (nSPS) is 15.0. The number of carboxylic acids is 1. The van der Waals surface area contributed by atoms with E-state index in [1.807, 2.05) is 49.6 Å². The fourth-order valence-corrected chi connectivity index (χ4v) is 4.33. The monoisotopic (exact) mass is 471 g/mol. The highest BCUT2D eigenvalue weighted by Crippen LogP contribution is 2.28. The molecule has 178 valence electrons. The first-order valence-electron chi connectivity index (χ1n) is 11.2. The minimum Gasteiger partial charge on any atom is -0.478 e. The van der Waals surface area contributed by atoms with Crippen LogP contribution in [0.2, 0.25) is 0 Å². The summed E-state index contributed by atoms with van der Waals surface area (Å²) in [6, 6.07) is 13.1. The van der Waals surface area contributed by atoms with E-state index < -0.39 is 23.8 Å². The lowest BCUT2D eigenvalue weighted by atomic mass is 10.1. The van der Waals surface area contributed by atoms with Crippen molar-refractivity contribution in [3.63, 3.8) is 0 Å². The Bertz CT molecular complexity index is 1410. The Morgan fingerprint density at radius 1 is 1.03 bits per heavy atom. The SMILES string of the molecule is CCc1ccc(N2C(=O)NC(=O)C(=Cc3cc(C)n(-c4cccc(C(=O)O)c4C)c3C)C2=O)cc1. The van der Waals surface area contributed by atoms with Gasteiger partial charge in [-0.15, -0.1) is 0 Å². The Morgan fingerprint density at radius 2 is 1.71 bits per heavy atom. The van der Waals surface area contributed by atoms with Crippen LogP contribution in [0, 0.1) is 20.8 Å². The molecule has 8 heteroatoms. The summed E-state index contributed by atoms with van der Waals surface area (Å²) >= 11 is 0. The predicted octanol–water partition coefficient (Wildman–Crippen LogP) is 4.33. The van der Waals surface area contributed by atoms with Crippen LogP contribution in [0.1, 0.15) is 45.4 Å². The number of barbiturate groups is 1. The summed E-state index contributed by atoms with van der Waals surface area (Å²) in [7, 11) is 0. The summed E-state index contributed by atoms with van der Waals surface area (Å²) in [5, 5.41) is 11.7. The summed E-state index contributed by atoms with van der Waals surface area (Å²) in [5.41, 5.74) is 4.87. The number of rotatable bonds is 5. The quantitative estimate of drug-likeness (QED) is 0.425. The van der Waals surface area contributed by atoms with Gasteiger partial charge < -0.3 is 9.67 Å². The van der Waals surface area contributed by atoms with Gasteiger partial charge in [-0.2, -0.15) is 0 Å². The van der Waals surface area contributed by atoms with E-state index in [1.165, 1.54) is 6.08 Å². The van der Waals surface area contributed by atoms with Gasteiger partial charge in [-0.25, -0.2) is 14.5 Å². The number of imide groups is 2. The maximum Gasteiger partial charge on any atom is 0.336 e. The molecule has 0 spiro atoms. The van der Waals surface area contributed by atoms with Crippen LogP contribution in [0.15, 0.2) is 54.1 Å². The number of carbonyl (C=O) groups excluding carboxylic acids is 3. The van der Waals surface area contributed by atoms with E-state index in [4.69, 9.17) is 0 Å². The molecule has 2 heterocycles. The van der Waals surface area contributed by atoms with Crippen LogP contribution in [-0.2, 0) is 16.0 Å². The van der Waals surface area contributed by atoms with E-state index in [0.717, 1.165) is 28.3 Å². The van der Waals surface area contributed by atoms with Gasteiger partial charge in [0.1, 0.15) is 5.57 Å². The van der Waals surface area contributed by atoms with Gasteiger partial charge in [0.05, 0.1) is 11.3 Å². The zero-order valence-corrected chi connectivity index (χ0v) is 19.9. The van der Waals surface area contributed by atoms with Crippen LogP contribution < -0.4 is 10.2 Å². The van der Waals surface area contributed by atoms with Crippen LogP contribution in [0.25, 0.3) is 11.8 Å². The second kappa shape index (κ2) is 9.06. The third-order valence-corrected chi connectivity index (χ3v) is 6.25. The van der Waals surface area contributed by atoms with Crippen molar-refractivity contribution < 1.29 is 24.3 Å². The van der Waals surface area contributed by atoms with Crippen molar-refractivity contribution in [1.29, 1.82) is 0 Å². The molecule has 1 aromatic heterocycles. The molecule has 0 aliphatic carbocycles. The molecule has 0 unspecified atom stereocenters. The first-order chi connectivity index (χ1) is 16.6. The maximum atomic E-state index is 13.3. The standard InChI is InChI=1S/C27H25N3O5/c1-5-18-9-11-20(12-10-18)30-25(32)22(24(31)28-27(30)35)14-19-13-15(2)29(17(19)4)23-8-6-7-21(16(23)3)26(33)34/h6-14H,5H2,1-4H3,(H,33,34)(H,28,31,35). The first kappa shape index (κ1) is 23.7. The molecule has 0 bridgehead atoms. The lowest BCUT2D eigenvalue weighted by molar-refractivity contribution is -0.122. The minimum absolute atomic E-state index is 0.166. The Hall–Kier alpha value is -4.46. The molecule has 2 N–H and O–H groups in total. The number of aromatic nitrogens is 1. The van der Waals surface area contributed by atoms with Crippen LogP contribution in [0.4, 0.5) is 10.5 Å². The summed E-state index contributed by atoms with van der Waals surface area (Å²) < 4.78 is 1.88. The maximum absolute atomic E-state index is 13.3. The third kappa shape index (κ3) is 4.14. The topological polar surface area (TPSA) is 109 Å². The molecule has 0 atom stereocenters. The van der Waals surface area contributed by atoms with E-state index in [1.54, 1.807) is 31.2 Å². The number of urea groups is 1. The summed E-state index contributed by atoms with van der Waals surface area (Å²) in [5.74, 6) is -2.50. The Labute approximate surface area is 202 Å². The fourth-order valence-electron chi connectivity index (χ4n) is 4.33. The summed E-state index contributed by atoms with van der Waals surface area (Å²) in [4.78, 5) is 50.9. The number of nitrogens with one attached hydrogen (secondary N) is 1. The predicted molar refractivity (Wildman–Crippen MR) is 132 cm³/mol. The van der Waals surface area contributed by atoms with Crippen molar-refractivity contribution in [2.24, 2.45) is 0 Å².